The van der Waals surface area contributed by atoms with Crippen LogP contribution >= 0.6 is 34.5 Å². The van der Waals surface area contributed by atoms with E-state index in [2.05, 4.69) is 21.7 Å². The number of hydrogen-bond donors (Lipinski definition) is 0. The number of rotatable bonds is 2. The van der Waals surface area contributed by atoms with Gasteiger partial charge in [-0.2, -0.15) is 10.2 Å². The predicted octanol–water partition coefficient (Wildman–Crippen LogP) is 5.69. The molecule has 0 saturated heterocycles. The van der Waals surface area contributed by atoms with E-state index < -0.39 is 0 Å². The molecule has 0 saturated carbocycles. The van der Waals surface area contributed by atoms with Gasteiger partial charge in [-0.1, -0.05) is 35.3 Å². The zero-order valence-electron chi connectivity index (χ0n) is 9.38. The van der Waals surface area contributed by atoms with Gasteiger partial charge in [-0.3, -0.25) is 0 Å². The molecule has 2 nitrogen and oxygen atoms in total. The van der Waals surface area contributed by atoms with Gasteiger partial charge in [-0.05, 0) is 29.1 Å². The number of nitrogens with zero attached hydrogens (tertiary/aromatic N) is 2. The third-order valence-corrected chi connectivity index (χ3v) is 4.52. The average molecular weight is 297 g/mol. The largest absolute Gasteiger partial charge is 0.185 e. The Hall–Kier alpha value is -0.900. The van der Waals surface area contributed by atoms with Gasteiger partial charge in [0.05, 0.1) is 6.04 Å². The molecule has 2 atom stereocenters. The van der Waals surface area contributed by atoms with E-state index in [9.17, 15) is 0 Å². The van der Waals surface area contributed by atoms with Crippen molar-refractivity contribution in [1.29, 1.82) is 0 Å². The molecule has 0 aliphatic carbocycles. The van der Waals surface area contributed by atoms with Crippen LogP contribution in [-0.2, 0) is 0 Å². The summed E-state index contributed by atoms with van der Waals surface area (Å²) in [6, 6.07) is 9.88. The topological polar surface area (TPSA) is 24.7 Å². The van der Waals surface area contributed by atoms with Crippen LogP contribution < -0.4 is 0 Å². The van der Waals surface area contributed by atoms with Crippen molar-refractivity contribution >= 4 is 34.5 Å². The molecular formula is C13H10Cl2N2S. The van der Waals surface area contributed by atoms with Crippen molar-refractivity contribution < 1.29 is 0 Å². The van der Waals surface area contributed by atoms with E-state index in [1.165, 1.54) is 4.88 Å². The standard InChI is InChI=1S/C13H10Cl2N2S/c14-8-3-4-9(10(15)6-8)11-7-12(17-16-11)13-2-1-5-18-13/h1-6,11-12H,7H2. The Morgan fingerprint density at radius 3 is 2.67 bits per heavy atom. The second-order valence-electron chi connectivity index (χ2n) is 4.18. The van der Waals surface area contributed by atoms with Gasteiger partial charge in [0.2, 0.25) is 0 Å². The van der Waals surface area contributed by atoms with Gasteiger partial charge in [0.1, 0.15) is 6.04 Å². The van der Waals surface area contributed by atoms with Gasteiger partial charge in [-0.15, -0.1) is 11.3 Å². The molecule has 5 heteroatoms. The van der Waals surface area contributed by atoms with E-state index in [0.29, 0.717) is 10.0 Å². The van der Waals surface area contributed by atoms with Crippen LogP contribution in [0, 0.1) is 0 Å². The quantitative estimate of drug-likeness (QED) is 0.680. The first-order chi connectivity index (χ1) is 8.74. The van der Waals surface area contributed by atoms with Crippen molar-refractivity contribution in [3.63, 3.8) is 0 Å². The van der Waals surface area contributed by atoms with Crippen LogP contribution in [0.25, 0.3) is 0 Å². The molecule has 0 spiro atoms. The van der Waals surface area contributed by atoms with Crippen molar-refractivity contribution in [1.82, 2.24) is 0 Å². The molecule has 0 N–H and O–H groups in total. The molecule has 0 fully saturated rings. The summed E-state index contributed by atoms with van der Waals surface area (Å²) in [5.41, 5.74) is 1.00. The number of halogens is 2. The van der Waals surface area contributed by atoms with E-state index in [-0.39, 0.29) is 12.1 Å². The number of azo groups is 1. The summed E-state index contributed by atoms with van der Waals surface area (Å²) < 4.78 is 0. The number of benzene rings is 1. The highest BCUT2D eigenvalue weighted by Gasteiger charge is 2.26. The Kier molecular flexibility index (Phi) is 3.37. The van der Waals surface area contributed by atoms with Gasteiger partial charge in [0.25, 0.3) is 0 Å². The molecule has 0 amide bonds. The van der Waals surface area contributed by atoms with E-state index in [4.69, 9.17) is 23.2 Å². The highest BCUT2D eigenvalue weighted by molar-refractivity contribution is 7.10. The molecule has 1 aliphatic rings. The van der Waals surface area contributed by atoms with Crippen LogP contribution in [0.1, 0.15) is 28.9 Å². The van der Waals surface area contributed by atoms with Crippen LogP contribution in [0.3, 0.4) is 0 Å². The van der Waals surface area contributed by atoms with E-state index in [0.717, 1.165) is 12.0 Å². The van der Waals surface area contributed by atoms with Crippen molar-refractivity contribution in [2.45, 2.75) is 18.5 Å². The summed E-state index contributed by atoms with van der Waals surface area (Å²) >= 11 is 13.8. The van der Waals surface area contributed by atoms with Crippen molar-refractivity contribution in [2.24, 2.45) is 10.2 Å². The lowest BCUT2D eigenvalue weighted by Crippen LogP contribution is -1.96. The third-order valence-electron chi connectivity index (χ3n) is 2.99. The Bertz CT molecular complexity index is 581. The third kappa shape index (κ3) is 2.30. The van der Waals surface area contributed by atoms with Crippen LogP contribution in [0.4, 0.5) is 0 Å². The molecule has 1 aromatic carbocycles. The Morgan fingerprint density at radius 2 is 1.94 bits per heavy atom. The molecule has 0 radical (unpaired) electrons. The Morgan fingerprint density at radius 1 is 1.11 bits per heavy atom. The summed E-state index contributed by atoms with van der Waals surface area (Å²) in [5.74, 6) is 0. The average Bonchev–Trinajstić information content (AvgIpc) is 2.99. The van der Waals surface area contributed by atoms with Gasteiger partial charge in [-0.25, -0.2) is 0 Å². The maximum atomic E-state index is 6.20. The van der Waals surface area contributed by atoms with Crippen molar-refractivity contribution in [3.05, 3.63) is 56.2 Å². The fraction of sp³-hybridized carbons (Fsp3) is 0.231. The smallest absolute Gasteiger partial charge is 0.107 e. The predicted molar refractivity (Wildman–Crippen MR) is 75.7 cm³/mol. The number of hydrogen-bond acceptors (Lipinski definition) is 3. The molecule has 92 valence electrons. The van der Waals surface area contributed by atoms with E-state index in [1.807, 2.05) is 18.2 Å². The number of thiophene rings is 1. The van der Waals surface area contributed by atoms with Crippen molar-refractivity contribution in [2.75, 3.05) is 0 Å². The van der Waals surface area contributed by atoms with Crippen LogP contribution in [0.2, 0.25) is 10.0 Å². The van der Waals surface area contributed by atoms with Gasteiger partial charge >= 0.3 is 0 Å². The second-order valence-corrected chi connectivity index (χ2v) is 6.00. The summed E-state index contributed by atoms with van der Waals surface area (Å²) in [6.45, 7) is 0. The lowest BCUT2D eigenvalue weighted by atomic mass is 10.0. The minimum Gasteiger partial charge on any atom is -0.185 e. The summed E-state index contributed by atoms with van der Waals surface area (Å²) in [5, 5.41) is 12.1. The molecule has 0 bridgehead atoms. The lowest BCUT2D eigenvalue weighted by Gasteiger charge is -2.09. The van der Waals surface area contributed by atoms with E-state index >= 15 is 0 Å². The fourth-order valence-electron chi connectivity index (χ4n) is 2.08. The monoisotopic (exact) mass is 296 g/mol. The zero-order chi connectivity index (χ0) is 12.5. The minimum absolute atomic E-state index is 0.0434. The minimum atomic E-state index is 0.0434. The highest BCUT2D eigenvalue weighted by atomic mass is 35.5. The van der Waals surface area contributed by atoms with Crippen molar-refractivity contribution in [3.8, 4) is 0 Å². The molecule has 1 aliphatic heterocycles. The molecule has 2 unspecified atom stereocenters. The Labute approximate surface area is 119 Å². The summed E-state index contributed by atoms with van der Waals surface area (Å²) in [4.78, 5) is 1.26. The van der Waals surface area contributed by atoms with Gasteiger partial charge < -0.3 is 0 Å². The van der Waals surface area contributed by atoms with Crippen LogP contribution in [0.15, 0.2) is 45.9 Å². The van der Waals surface area contributed by atoms with Crippen LogP contribution in [-0.4, -0.2) is 0 Å². The Balaban J connectivity index is 1.82. The molecule has 2 aromatic rings. The molecular weight excluding hydrogens is 287 g/mol. The zero-order valence-corrected chi connectivity index (χ0v) is 11.7. The molecule has 2 heterocycles. The first kappa shape index (κ1) is 12.2. The van der Waals surface area contributed by atoms with Crippen LogP contribution in [0.5, 0.6) is 0 Å². The first-order valence-corrected chi connectivity index (χ1v) is 7.26. The van der Waals surface area contributed by atoms with E-state index in [1.54, 1.807) is 17.4 Å². The summed E-state index contributed by atoms with van der Waals surface area (Å²) in [7, 11) is 0. The molecule has 3 rings (SSSR count). The SMILES string of the molecule is Clc1ccc(C2CC(c3cccs3)N=N2)c(Cl)c1. The normalized spacial score (nSPS) is 22.6. The van der Waals surface area contributed by atoms with Gasteiger partial charge in [0.15, 0.2) is 0 Å². The highest BCUT2D eigenvalue weighted by Crippen LogP contribution is 2.42. The summed E-state index contributed by atoms with van der Waals surface area (Å²) in [6.07, 6.45) is 0.877. The first-order valence-electron chi connectivity index (χ1n) is 5.62. The maximum absolute atomic E-state index is 6.20. The fourth-order valence-corrected chi connectivity index (χ4v) is 3.39. The lowest BCUT2D eigenvalue weighted by molar-refractivity contribution is 0.667. The maximum Gasteiger partial charge on any atom is 0.107 e. The molecule has 18 heavy (non-hydrogen) atoms. The second kappa shape index (κ2) is 5.00. The molecule has 1 aromatic heterocycles. The van der Waals surface area contributed by atoms with Gasteiger partial charge in [0, 0.05) is 21.3 Å².